The Balaban J connectivity index is 2.00. The van der Waals surface area contributed by atoms with Gasteiger partial charge in [0.05, 0.1) is 22.3 Å². The molecule has 0 fully saturated rings. The molecule has 2 aromatic rings. The van der Waals surface area contributed by atoms with Gasteiger partial charge < -0.3 is 15.2 Å². The van der Waals surface area contributed by atoms with E-state index in [0.717, 1.165) is 10.2 Å². The van der Waals surface area contributed by atoms with E-state index in [4.69, 9.17) is 11.6 Å². The number of aryl methyl sites for hydroxylation is 1. The molecule has 2 heterocycles. The minimum absolute atomic E-state index is 0.151. The number of nitrogens with one attached hydrogen (secondary N) is 2. The lowest BCUT2D eigenvalue weighted by molar-refractivity contribution is 0.0941. The lowest BCUT2D eigenvalue weighted by Crippen LogP contribution is -2.39. The molecule has 0 bridgehead atoms. The van der Waals surface area contributed by atoms with E-state index >= 15 is 0 Å². The fourth-order valence-corrected chi connectivity index (χ4v) is 3.17. The first-order valence-corrected chi connectivity index (χ1v) is 7.83. The molecule has 7 heteroatoms. The number of fused-ring (bicyclic) bond motifs is 1. The van der Waals surface area contributed by atoms with Gasteiger partial charge in [-0.05, 0) is 23.8 Å². The van der Waals surface area contributed by atoms with Gasteiger partial charge in [0.1, 0.15) is 0 Å². The van der Waals surface area contributed by atoms with Crippen molar-refractivity contribution in [2.75, 3.05) is 11.9 Å². The first kappa shape index (κ1) is 15.1. The molecule has 0 spiro atoms. The maximum absolute atomic E-state index is 12.0. The van der Waals surface area contributed by atoms with Crippen molar-refractivity contribution in [2.45, 2.75) is 6.04 Å². The fraction of sp³-hybridized carbons (Fsp3) is 0.200. The summed E-state index contributed by atoms with van der Waals surface area (Å²) in [6, 6.07) is 6.80. The molecule has 2 N–H and O–H groups in total. The van der Waals surface area contributed by atoms with Crippen molar-refractivity contribution in [3.63, 3.8) is 0 Å². The Labute approximate surface area is 140 Å². The first-order valence-electron chi connectivity index (χ1n) is 6.66. The second-order valence-corrected chi connectivity index (χ2v) is 6.45. The van der Waals surface area contributed by atoms with Crippen LogP contribution in [0.3, 0.4) is 0 Å². The van der Waals surface area contributed by atoms with Crippen molar-refractivity contribution in [3.05, 3.63) is 61.4 Å². The predicted molar refractivity (Wildman–Crippen MR) is 89.5 cm³/mol. The van der Waals surface area contributed by atoms with Gasteiger partial charge in [0.2, 0.25) is 0 Å². The third-order valence-electron chi connectivity index (χ3n) is 3.61. The fourth-order valence-electron chi connectivity index (χ4n) is 2.45. The summed E-state index contributed by atoms with van der Waals surface area (Å²) < 4.78 is 2.28. The molecule has 0 aliphatic carbocycles. The topological polar surface area (TPSA) is 63.1 Å². The number of pyridine rings is 1. The molecule has 1 amide bonds. The van der Waals surface area contributed by atoms with Crippen LogP contribution in [0.1, 0.15) is 22.0 Å². The van der Waals surface area contributed by atoms with Gasteiger partial charge in [-0.15, -0.1) is 0 Å². The average Bonchev–Trinajstić information content (AvgIpc) is 2.47. The van der Waals surface area contributed by atoms with Gasteiger partial charge in [0.15, 0.2) is 0 Å². The number of carbonyl (C=O) groups is 1. The highest BCUT2D eigenvalue weighted by Gasteiger charge is 2.26. The van der Waals surface area contributed by atoms with Crippen molar-refractivity contribution in [1.82, 2.24) is 9.88 Å². The standard InChI is InChI=1S/C15H13BrClN3O2/c1-20-7-10-9(5-14(20)21)13(6-18-15(10)22)19-12-3-2-8(16)4-11(12)17/h2-5,7,13,19H,6H2,1H3,(H,18,22). The minimum atomic E-state index is -0.208. The summed E-state index contributed by atoms with van der Waals surface area (Å²) in [7, 11) is 1.62. The SMILES string of the molecule is Cn1cc2c(cc1=O)C(Nc1ccc(Br)cc1Cl)CNC2=O. The molecule has 0 radical (unpaired) electrons. The number of amides is 1. The molecule has 0 saturated heterocycles. The van der Waals surface area contributed by atoms with E-state index in [1.807, 2.05) is 12.1 Å². The molecule has 114 valence electrons. The van der Waals surface area contributed by atoms with E-state index in [-0.39, 0.29) is 17.5 Å². The summed E-state index contributed by atoms with van der Waals surface area (Å²) in [5.41, 5.74) is 1.78. The minimum Gasteiger partial charge on any atom is -0.375 e. The van der Waals surface area contributed by atoms with Gasteiger partial charge in [0.25, 0.3) is 11.5 Å². The third-order valence-corrected chi connectivity index (χ3v) is 4.41. The summed E-state index contributed by atoms with van der Waals surface area (Å²) in [6.45, 7) is 0.394. The van der Waals surface area contributed by atoms with E-state index in [1.54, 1.807) is 19.3 Å². The number of rotatable bonds is 2. The Hall–Kier alpha value is -1.79. The third kappa shape index (κ3) is 2.76. The van der Waals surface area contributed by atoms with Crippen LogP contribution < -0.4 is 16.2 Å². The normalized spacial score (nSPS) is 16.9. The predicted octanol–water partition coefficient (Wildman–Crippen LogP) is 2.70. The number of benzene rings is 1. The Morgan fingerprint density at radius 3 is 2.86 bits per heavy atom. The number of hydrogen-bond donors (Lipinski definition) is 2. The van der Waals surface area contributed by atoms with Gasteiger partial charge in [-0.3, -0.25) is 9.59 Å². The number of anilines is 1. The molecular formula is C15H13BrClN3O2. The van der Waals surface area contributed by atoms with E-state index in [9.17, 15) is 9.59 Å². The molecule has 1 unspecified atom stereocenters. The number of hydrogen-bond acceptors (Lipinski definition) is 3. The maximum atomic E-state index is 12.0. The van der Waals surface area contributed by atoms with Crippen LogP contribution in [0.5, 0.6) is 0 Å². The van der Waals surface area contributed by atoms with E-state index in [0.29, 0.717) is 22.7 Å². The summed E-state index contributed by atoms with van der Waals surface area (Å²) in [6.07, 6.45) is 1.56. The summed E-state index contributed by atoms with van der Waals surface area (Å²) >= 11 is 9.57. The van der Waals surface area contributed by atoms with Crippen LogP contribution in [-0.2, 0) is 7.05 Å². The van der Waals surface area contributed by atoms with Gasteiger partial charge in [-0.2, -0.15) is 0 Å². The molecule has 1 atom stereocenters. The van der Waals surface area contributed by atoms with E-state index < -0.39 is 0 Å². The Morgan fingerprint density at radius 1 is 1.36 bits per heavy atom. The number of carbonyl (C=O) groups excluding carboxylic acids is 1. The van der Waals surface area contributed by atoms with Crippen LogP contribution in [0.15, 0.2) is 39.7 Å². The lowest BCUT2D eigenvalue weighted by atomic mass is 9.97. The molecule has 1 aromatic heterocycles. The Morgan fingerprint density at radius 2 is 2.14 bits per heavy atom. The summed E-state index contributed by atoms with van der Waals surface area (Å²) in [5, 5.41) is 6.67. The van der Waals surface area contributed by atoms with Crippen molar-refractivity contribution in [1.29, 1.82) is 0 Å². The van der Waals surface area contributed by atoms with Crippen LogP contribution in [0, 0.1) is 0 Å². The van der Waals surface area contributed by atoms with Gasteiger partial charge in [-0.25, -0.2) is 0 Å². The van der Waals surface area contributed by atoms with E-state index in [2.05, 4.69) is 26.6 Å². The summed E-state index contributed by atoms with van der Waals surface area (Å²) in [4.78, 5) is 23.9. The van der Waals surface area contributed by atoms with Crippen molar-refractivity contribution < 1.29 is 4.79 Å². The molecule has 0 saturated carbocycles. The second-order valence-electron chi connectivity index (χ2n) is 5.12. The van der Waals surface area contributed by atoms with E-state index in [1.165, 1.54) is 10.6 Å². The highest BCUT2D eigenvalue weighted by molar-refractivity contribution is 9.10. The van der Waals surface area contributed by atoms with Gasteiger partial charge in [0, 0.05) is 30.3 Å². The highest BCUT2D eigenvalue weighted by Crippen LogP contribution is 2.30. The van der Waals surface area contributed by atoms with Crippen LogP contribution in [0.4, 0.5) is 5.69 Å². The summed E-state index contributed by atoms with van der Waals surface area (Å²) in [5.74, 6) is -0.175. The highest BCUT2D eigenvalue weighted by atomic mass is 79.9. The monoisotopic (exact) mass is 381 g/mol. The number of nitrogens with zero attached hydrogens (tertiary/aromatic N) is 1. The number of halogens is 2. The smallest absolute Gasteiger partial charge is 0.253 e. The largest absolute Gasteiger partial charge is 0.375 e. The number of aromatic nitrogens is 1. The first-order chi connectivity index (χ1) is 10.5. The van der Waals surface area contributed by atoms with Crippen molar-refractivity contribution in [3.8, 4) is 0 Å². The van der Waals surface area contributed by atoms with Crippen LogP contribution in [0.25, 0.3) is 0 Å². The van der Waals surface area contributed by atoms with Crippen molar-refractivity contribution in [2.24, 2.45) is 7.05 Å². The molecule has 1 aliphatic rings. The zero-order chi connectivity index (χ0) is 15.9. The Kier molecular flexibility index (Phi) is 3.97. The molecule has 22 heavy (non-hydrogen) atoms. The molecule has 5 nitrogen and oxygen atoms in total. The zero-order valence-electron chi connectivity index (χ0n) is 11.7. The Bertz CT molecular complexity index is 819. The average molecular weight is 383 g/mol. The molecular weight excluding hydrogens is 370 g/mol. The van der Waals surface area contributed by atoms with Gasteiger partial charge in [-0.1, -0.05) is 27.5 Å². The van der Waals surface area contributed by atoms with Crippen LogP contribution in [0.2, 0.25) is 5.02 Å². The molecule has 1 aliphatic heterocycles. The van der Waals surface area contributed by atoms with Crippen molar-refractivity contribution >= 4 is 39.1 Å². The van der Waals surface area contributed by atoms with Crippen LogP contribution >= 0.6 is 27.5 Å². The lowest BCUT2D eigenvalue weighted by Gasteiger charge is -2.28. The zero-order valence-corrected chi connectivity index (χ0v) is 14.0. The van der Waals surface area contributed by atoms with Gasteiger partial charge >= 0.3 is 0 Å². The quantitative estimate of drug-likeness (QED) is 0.839. The second kappa shape index (κ2) is 5.78. The maximum Gasteiger partial charge on any atom is 0.253 e. The molecule has 3 rings (SSSR count). The van der Waals surface area contributed by atoms with Crippen LogP contribution in [-0.4, -0.2) is 17.0 Å². The molecule has 1 aromatic carbocycles.